The Bertz CT molecular complexity index is 836. The molecule has 2 aromatic carbocycles. The van der Waals surface area contributed by atoms with Gasteiger partial charge in [-0.15, -0.1) is 0 Å². The largest absolute Gasteiger partial charge is 0.490 e. The van der Waals surface area contributed by atoms with E-state index in [0.29, 0.717) is 12.2 Å². The summed E-state index contributed by atoms with van der Waals surface area (Å²) in [7, 11) is 1.92. The van der Waals surface area contributed by atoms with Crippen LogP contribution in [0.3, 0.4) is 0 Å². The summed E-state index contributed by atoms with van der Waals surface area (Å²) in [6.45, 7) is 2.54. The smallest absolute Gasteiger partial charge is 0.340 e. The number of rotatable bonds is 5. The number of ether oxygens (including phenoxy) is 2. The van der Waals surface area contributed by atoms with Crippen molar-refractivity contribution >= 4 is 16.9 Å². The molecule has 0 atom stereocenters. The first-order valence-electron chi connectivity index (χ1n) is 7.56. The van der Waals surface area contributed by atoms with E-state index in [-0.39, 0.29) is 12.6 Å². The summed E-state index contributed by atoms with van der Waals surface area (Å²) >= 11 is 0. The summed E-state index contributed by atoms with van der Waals surface area (Å²) in [5.74, 6) is 0.490. The fourth-order valence-corrected chi connectivity index (χ4v) is 2.59. The van der Waals surface area contributed by atoms with Crippen LogP contribution in [0.4, 0.5) is 0 Å². The number of nitrogens with zero attached hydrogens (tertiary/aromatic N) is 1. The average Bonchev–Trinajstić information content (AvgIpc) is 2.90. The zero-order chi connectivity index (χ0) is 16.2. The topological polar surface area (TPSA) is 40.5 Å². The Hall–Kier alpha value is -2.75. The van der Waals surface area contributed by atoms with Crippen molar-refractivity contribution in [3.05, 3.63) is 65.9 Å². The van der Waals surface area contributed by atoms with Gasteiger partial charge in [0.1, 0.15) is 19.0 Å². The number of aromatic nitrogens is 1. The summed E-state index contributed by atoms with van der Waals surface area (Å²) in [4.78, 5) is 12.3. The lowest BCUT2D eigenvalue weighted by Gasteiger charge is -2.09. The number of hydrogen-bond acceptors (Lipinski definition) is 3. The summed E-state index contributed by atoms with van der Waals surface area (Å²) in [5.41, 5.74) is 2.66. The number of carbonyl (C=O) groups excluding carboxylic acids is 1. The molecule has 0 bridgehead atoms. The number of carbonyl (C=O) groups is 1. The first-order chi connectivity index (χ1) is 11.2. The van der Waals surface area contributed by atoms with Crippen molar-refractivity contribution in [3.63, 3.8) is 0 Å². The summed E-state index contributed by atoms with van der Waals surface area (Å²) < 4.78 is 12.9. The summed E-state index contributed by atoms with van der Waals surface area (Å²) in [6.07, 6.45) is 1.80. The lowest BCUT2D eigenvalue weighted by molar-refractivity contribution is 0.0452. The Labute approximate surface area is 135 Å². The standard InChI is InChI=1S/C19H19NO3/c1-14-7-3-6-10-18(14)22-11-12-23-19(21)16-13-20(2)17-9-5-4-8-15(16)17/h3-10,13H,11-12H2,1-2H3. The van der Waals surface area contributed by atoms with Gasteiger partial charge in [-0.25, -0.2) is 4.79 Å². The van der Waals surface area contributed by atoms with Crippen LogP contribution in [0.5, 0.6) is 5.75 Å². The Kier molecular flexibility index (Phi) is 4.33. The number of hydrogen-bond donors (Lipinski definition) is 0. The van der Waals surface area contributed by atoms with Gasteiger partial charge in [0, 0.05) is 24.1 Å². The molecule has 0 spiro atoms. The molecule has 0 saturated carbocycles. The van der Waals surface area contributed by atoms with Crippen molar-refractivity contribution in [2.75, 3.05) is 13.2 Å². The van der Waals surface area contributed by atoms with E-state index in [4.69, 9.17) is 9.47 Å². The molecular formula is C19H19NO3. The molecular weight excluding hydrogens is 290 g/mol. The number of benzene rings is 2. The third-order valence-corrected chi connectivity index (χ3v) is 3.78. The predicted octanol–water partition coefficient (Wildman–Crippen LogP) is 3.72. The van der Waals surface area contributed by atoms with E-state index in [2.05, 4.69) is 0 Å². The van der Waals surface area contributed by atoms with Crippen molar-refractivity contribution in [2.45, 2.75) is 6.92 Å². The minimum atomic E-state index is -0.324. The van der Waals surface area contributed by atoms with Crippen LogP contribution in [0.2, 0.25) is 0 Å². The molecule has 0 N–H and O–H groups in total. The van der Waals surface area contributed by atoms with Gasteiger partial charge in [-0.2, -0.15) is 0 Å². The lowest BCUT2D eigenvalue weighted by atomic mass is 10.2. The van der Waals surface area contributed by atoms with E-state index in [1.807, 2.05) is 67.1 Å². The third kappa shape index (κ3) is 3.21. The monoisotopic (exact) mass is 309 g/mol. The molecule has 0 unspecified atom stereocenters. The van der Waals surface area contributed by atoms with Crippen LogP contribution < -0.4 is 4.74 Å². The van der Waals surface area contributed by atoms with Gasteiger partial charge in [0.2, 0.25) is 0 Å². The van der Waals surface area contributed by atoms with E-state index in [1.165, 1.54) is 0 Å². The van der Waals surface area contributed by atoms with Crippen molar-refractivity contribution < 1.29 is 14.3 Å². The number of fused-ring (bicyclic) bond motifs is 1. The van der Waals surface area contributed by atoms with Crippen LogP contribution in [0, 0.1) is 6.92 Å². The van der Waals surface area contributed by atoms with E-state index >= 15 is 0 Å². The average molecular weight is 309 g/mol. The molecule has 1 aromatic heterocycles. The summed E-state index contributed by atoms with van der Waals surface area (Å²) in [6, 6.07) is 15.5. The molecule has 0 radical (unpaired) electrons. The van der Waals surface area contributed by atoms with E-state index in [0.717, 1.165) is 22.2 Å². The van der Waals surface area contributed by atoms with Crippen molar-refractivity contribution in [1.29, 1.82) is 0 Å². The van der Waals surface area contributed by atoms with Crippen molar-refractivity contribution in [1.82, 2.24) is 4.57 Å². The SMILES string of the molecule is Cc1ccccc1OCCOC(=O)c1cn(C)c2ccccc12. The number of para-hydroxylation sites is 2. The van der Waals surface area contributed by atoms with Crippen LogP contribution in [0.1, 0.15) is 15.9 Å². The minimum Gasteiger partial charge on any atom is -0.490 e. The molecule has 4 heteroatoms. The minimum absolute atomic E-state index is 0.219. The second-order valence-corrected chi connectivity index (χ2v) is 5.42. The van der Waals surface area contributed by atoms with Crippen LogP contribution >= 0.6 is 0 Å². The van der Waals surface area contributed by atoms with Gasteiger partial charge in [0.15, 0.2) is 0 Å². The number of aryl methyl sites for hydroxylation is 2. The fourth-order valence-electron chi connectivity index (χ4n) is 2.59. The maximum absolute atomic E-state index is 12.3. The normalized spacial score (nSPS) is 10.7. The first-order valence-corrected chi connectivity index (χ1v) is 7.56. The molecule has 0 fully saturated rings. The highest BCUT2D eigenvalue weighted by atomic mass is 16.6. The molecule has 118 valence electrons. The van der Waals surface area contributed by atoms with Crippen LogP contribution in [0.15, 0.2) is 54.7 Å². The van der Waals surface area contributed by atoms with Gasteiger partial charge < -0.3 is 14.0 Å². The zero-order valence-electron chi connectivity index (χ0n) is 13.3. The van der Waals surface area contributed by atoms with Gasteiger partial charge in [-0.1, -0.05) is 36.4 Å². The van der Waals surface area contributed by atoms with Crippen LogP contribution in [0.25, 0.3) is 10.9 Å². The molecule has 0 aliphatic rings. The van der Waals surface area contributed by atoms with Gasteiger partial charge >= 0.3 is 5.97 Å². The third-order valence-electron chi connectivity index (χ3n) is 3.78. The van der Waals surface area contributed by atoms with E-state index in [1.54, 1.807) is 6.20 Å². The maximum Gasteiger partial charge on any atom is 0.340 e. The highest BCUT2D eigenvalue weighted by molar-refractivity contribution is 6.04. The molecule has 3 rings (SSSR count). The Balaban J connectivity index is 1.60. The predicted molar refractivity (Wildman–Crippen MR) is 89.9 cm³/mol. The second-order valence-electron chi connectivity index (χ2n) is 5.42. The van der Waals surface area contributed by atoms with Crippen molar-refractivity contribution in [2.24, 2.45) is 7.05 Å². The Morgan fingerprint density at radius 1 is 1.04 bits per heavy atom. The molecule has 0 amide bonds. The van der Waals surface area contributed by atoms with Crippen LogP contribution in [-0.4, -0.2) is 23.8 Å². The van der Waals surface area contributed by atoms with Crippen LogP contribution in [-0.2, 0) is 11.8 Å². The molecule has 4 nitrogen and oxygen atoms in total. The van der Waals surface area contributed by atoms with Gasteiger partial charge in [-0.3, -0.25) is 0 Å². The summed E-state index contributed by atoms with van der Waals surface area (Å²) in [5, 5.41) is 0.903. The number of esters is 1. The zero-order valence-corrected chi connectivity index (χ0v) is 13.3. The molecule has 23 heavy (non-hydrogen) atoms. The van der Waals surface area contributed by atoms with E-state index < -0.39 is 0 Å². The second kappa shape index (κ2) is 6.57. The first kappa shape index (κ1) is 15.2. The molecule has 0 aliphatic heterocycles. The Morgan fingerprint density at radius 3 is 2.61 bits per heavy atom. The van der Waals surface area contributed by atoms with Crippen molar-refractivity contribution in [3.8, 4) is 5.75 Å². The Morgan fingerprint density at radius 2 is 1.78 bits per heavy atom. The molecule has 3 aromatic rings. The van der Waals surface area contributed by atoms with Gasteiger partial charge in [0.25, 0.3) is 0 Å². The van der Waals surface area contributed by atoms with E-state index in [9.17, 15) is 4.79 Å². The lowest BCUT2D eigenvalue weighted by Crippen LogP contribution is -2.12. The fraction of sp³-hybridized carbons (Fsp3) is 0.211. The maximum atomic E-state index is 12.3. The highest BCUT2D eigenvalue weighted by Crippen LogP contribution is 2.21. The molecule has 0 aliphatic carbocycles. The van der Waals surface area contributed by atoms with Gasteiger partial charge in [-0.05, 0) is 24.6 Å². The van der Waals surface area contributed by atoms with Gasteiger partial charge in [0.05, 0.1) is 5.56 Å². The highest BCUT2D eigenvalue weighted by Gasteiger charge is 2.14. The quantitative estimate of drug-likeness (QED) is 0.533. The molecule has 0 saturated heterocycles. The molecule has 1 heterocycles.